The third-order valence-electron chi connectivity index (χ3n) is 4.07. The molecular formula is C19H19F5N6O4S. The van der Waals surface area contributed by atoms with Crippen molar-refractivity contribution in [2.24, 2.45) is 5.73 Å². The Labute approximate surface area is 198 Å². The molecule has 0 aliphatic heterocycles. The van der Waals surface area contributed by atoms with Crippen LogP contribution >= 0.6 is 11.3 Å². The van der Waals surface area contributed by atoms with E-state index in [0.29, 0.717) is 12.6 Å². The second-order valence-electron chi connectivity index (χ2n) is 6.52. The molecule has 0 radical (unpaired) electrons. The first-order chi connectivity index (χ1) is 16.5. The van der Waals surface area contributed by atoms with Crippen molar-refractivity contribution >= 4 is 17.3 Å². The van der Waals surface area contributed by atoms with Crippen molar-refractivity contribution < 1.29 is 36.6 Å². The first kappa shape index (κ1) is 27.6. The van der Waals surface area contributed by atoms with Gasteiger partial charge >= 0.3 is 23.8 Å². The van der Waals surface area contributed by atoms with E-state index >= 15 is 0 Å². The Morgan fingerprint density at radius 1 is 1.23 bits per heavy atom. The quantitative estimate of drug-likeness (QED) is 0.431. The summed E-state index contributed by atoms with van der Waals surface area (Å²) >= 11 is 1.47. The van der Waals surface area contributed by atoms with Gasteiger partial charge in [-0.05, 0) is 19.1 Å². The highest BCUT2D eigenvalue weighted by Crippen LogP contribution is 2.28. The standard InChI is InChI=1S/C17H18F2N6O2S.C2HF3O2/c1-2-27-16-21-6-12(7-22-16)14-4-3-13(28-14)9-24-10-23-25(17(24)26)8-11(5-20)15(18)19;3-2(4,5)1(6)7/h3-4,6-7,10H,2,5,8-9,20H2,1H3;(H,6,7). The lowest BCUT2D eigenvalue weighted by molar-refractivity contribution is -0.192. The van der Waals surface area contributed by atoms with E-state index in [0.717, 1.165) is 20.0 Å². The number of halogens is 5. The first-order valence-corrected chi connectivity index (χ1v) is 10.5. The third-order valence-corrected chi connectivity index (χ3v) is 5.19. The molecule has 0 saturated heterocycles. The van der Waals surface area contributed by atoms with Crippen molar-refractivity contribution in [1.82, 2.24) is 24.3 Å². The minimum Gasteiger partial charge on any atom is -0.475 e. The van der Waals surface area contributed by atoms with Crippen LogP contribution in [-0.4, -0.2) is 54.7 Å². The van der Waals surface area contributed by atoms with Gasteiger partial charge in [-0.2, -0.15) is 27.1 Å². The number of ether oxygens (including phenoxy) is 1. The van der Waals surface area contributed by atoms with Crippen molar-refractivity contribution in [2.75, 3.05) is 13.2 Å². The number of carboxylic acids is 1. The zero-order valence-corrected chi connectivity index (χ0v) is 18.8. The molecule has 0 aliphatic carbocycles. The van der Waals surface area contributed by atoms with Crippen LogP contribution in [0.1, 0.15) is 11.8 Å². The molecule has 190 valence electrons. The monoisotopic (exact) mass is 522 g/mol. The van der Waals surface area contributed by atoms with Gasteiger partial charge in [0.2, 0.25) is 0 Å². The molecule has 0 bridgehead atoms. The summed E-state index contributed by atoms with van der Waals surface area (Å²) in [5.41, 5.74) is 5.32. The van der Waals surface area contributed by atoms with Crippen LogP contribution in [0.2, 0.25) is 0 Å². The Hall–Kier alpha value is -3.66. The second-order valence-corrected chi connectivity index (χ2v) is 7.69. The smallest absolute Gasteiger partial charge is 0.475 e. The van der Waals surface area contributed by atoms with Gasteiger partial charge < -0.3 is 15.6 Å². The summed E-state index contributed by atoms with van der Waals surface area (Å²) in [4.78, 5) is 31.3. The Morgan fingerprint density at radius 3 is 2.37 bits per heavy atom. The molecule has 16 heteroatoms. The normalized spacial score (nSPS) is 10.9. The van der Waals surface area contributed by atoms with Gasteiger partial charge in [-0.25, -0.2) is 24.2 Å². The lowest BCUT2D eigenvalue weighted by Gasteiger charge is -2.02. The van der Waals surface area contributed by atoms with Crippen LogP contribution in [0.3, 0.4) is 0 Å². The summed E-state index contributed by atoms with van der Waals surface area (Å²) in [6, 6.07) is 4.10. The number of alkyl halides is 3. The van der Waals surface area contributed by atoms with E-state index in [9.17, 15) is 26.7 Å². The SMILES string of the molecule is CCOc1ncc(-c2ccc(Cn3cnn(CC(CN)=C(F)F)c3=O)s2)cn1.O=C(O)C(F)(F)F. The lowest BCUT2D eigenvalue weighted by Crippen LogP contribution is -2.27. The average molecular weight is 522 g/mol. The molecule has 0 aliphatic rings. The fourth-order valence-corrected chi connectivity index (χ4v) is 3.39. The molecule has 3 aromatic rings. The number of aliphatic carboxylic acids is 1. The molecule has 0 unspecified atom stereocenters. The third kappa shape index (κ3) is 7.96. The van der Waals surface area contributed by atoms with Gasteiger partial charge in [-0.15, -0.1) is 11.3 Å². The topological polar surface area (TPSA) is 138 Å². The molecule has 0 saturated carbocycles. The molecule has 10 nitrogen and oxygen atoms in total. The number of aromatic nitrogens is 5. The van der Waals surface area contributed by atoms with E-state index in [1.807, 2.05) is 19.1 Å². The van der Waals surface area contributed by atoms with E-state index < -0.39 is 23.9 Å². The van der Waals surface area contributed by atoms with E-state index in [1.165, 1.54) is 22.2 Å². The van der Waals surface area contributed by atoms with Crippen LogP contribution in [0, 0.1) is 0 Å². The fourth-order valence-electron chi connectivity index (χ4n) is 2.40. The van der Waals surface area contributed by atoms with Gasteiger partial charge in [-0.3, -0.25) is 4.57 Å². The number of hydrogen-bond acceptors (Lipinski definition) is 8. The molecule has 3 rings (SSSR count). The van der Waals surface area contributed by atoms with E-state index in [1.54, 1.807) is 12.4 Å². The highest BCUT2D eigenvalue weighted by atomic mass is 32.1. The van der Waals surface area contributed by atoms with Gasteiger partial charge in [0.1, 0.15) is 6.33 Å². The van der Waals surface area contributed by atoms with E-state index in [4.69, 9.17) is 20.4 Å². The zero-order chi connectivity index (χ0) is 26.2. The van der Waals surface area contributed by atoms with Crippen molar-refractivity contribution in [1.29, 1.82) is 0 Å². The summed E-state index contributed by atoms with van der Waals surface area (Å²) in [7, 11) is 0. The maximum Gasteiger partial charge on any atom is 0.490 e. The Kier molecular flexibility index (Phi) is 9.59. The summed E-state index contributed by atoms with van der Waals surface area (Å²) in [6.45, 7) is 1.96. The minimum absolute atomic E-state index is 0.279. The second kappa shape index (κ2) is 12.2. The summed E-state index contributed by atoms with van der Waals surface area (Å²) in [6.07, 6.45) is -2.30. The number of hydrogen-bond donors (Lipinski definition) is 2. The van der Waals surface area contributed by atoms with Crippen LogP contribution in [0.15, 0.2) is 47.3 Å². The van der Waals surface area contributed by atoms with E-state index in [2.05, 4.69) is 15.1 Å². The minimum atomic E-state index is -5.08. The fraction of sp³-hybridized carbons (Fsp3) is 0.316. The van der Waals surface area contributed by atoms with Gasteiger partial charge in [0.05, 0.1) is 19.7 Å². The van der Waals surface area contributed by atoms with Crippen molar-refractivity contribution in [3.05, 3.63) is 57.9 Å². The highest BCUT2D eigenvalue weighted by molar-refractivity contribution is 7.15. The van der Waals surface area contributed by atoms with Crippen LogP contribution in [0.5, 0.6) is 6.01 Å². The molecule has 0 aromatic carbocycles. The maximum absolute atomic E-state index is 12.7. The molecule has 3 heterocycles. The molecule has 0 fully saturated rings. The molecular weight excluding hydrogens is 503 g/mol. The number of rotatable bonds is 8. The summed E-state index contributed by atoms with van der Waals surface area (Å²) in [5, 5.41) is 11.0. The molecule has 0 atom stereocenters. The van der Waals surface area contributed by atoms with Crippen molar-refractivity contribution in [3.8, 4) is 16.5 Å². The van der Waals surface area contributed by atoms with Crippen molar-refractivity contribution in [3.63, 3.8) is 0 Å². The highest BCUT2D eigenvalue weighted by Gasteiger charge is 2.38. The van der Waals surface area contributed by atoms with Crippen LogP contribution in [0.25, 0.3) is 10.4 Å². The summed E-state index contributed by atoms with van der Waals surface area (Å²) in [5.74, 6) is -2.76. The molecule has 3 N–H and O–H groups in total. The Balaban J connectivity index is 0.000000540. The van der Waals surface area contributed by atoms with Gasteiger partial charge in [0.25, 0.3) is 6.08 Å². The van der Waals surface area contributed by atoms with E-state index in [-0.39, 0.29) is 25.2 Å². The Bertz CT molecular complexity index is 1220. The van der Waals surface area contributed by atoms with Crippen LogP contribution in [-0.2, 0) is 17.9 Å². The predicted octanol–water partition coefficient (Wildman–Crippen LogP) is 2.75. The molecule has 3 aromatic heterocycles. The van der Waals surface area contributed by atoms with Crippen molar-refractivity contribution in [2.45, 2.75) is 26.2 Å². The molecule has 35 heavy (non-hydrogen) atoms. The average Bonchev–Trinajstić information content (AvgIpc) is 3.40. The predicted molar refractivity (Wildman–Crippen MR) is 114 cm³/mol. The number of nitrogens with two attached hydrogens (primary N) is 1. The zero-order valence-electron chi connectivity index (χ0n) is 18.0. The summed E-state index contributed by atoms with van der Waals surface area (Å²) < 4.78 is 64.8. The maximum atomic E-state index is 12.7. The number of nitrogens with zero attached hydrogens (tertiary/aromatic N) is 5. The van der Waals surface area contributed by atoms with Gasteiger partial charge in [0.15, 0.2) is 0 Å². The van der Waals surface area contributed by atoms with Crippen LogP contribution in [0.4, 0.5) is 22.0 Å². The molecule has 0 amide bonds. The molecule has 0 spiro atoms. The van der Waals surface area contributed by atoms with Crippen LogP contribution < -0.4 is 16.2 Å². The van der Waals surface area contributed by atoms with Gasteiger partial charge in [0, 0.05) is 39.8 Å². The Morgan fingerprint density at radius 2 is 1.86 bits per heavy atom. The lowest BCUT2D eigenvalue weighted by atomic mass is 10.3. The largest absolute Gasteiger partial charge is 0.490 e. The number of thiophene rings is 1. The first-order valence-electron chi connectivity index (χ1n) is 9.65. The number of carboxylic acid groups (broad SMARTS) is 1. The van der Waals surface area contributed by atoms with Gasteiger partial charge in [-0.1, -0.05) is 0 Å². The number of carbonyl (C=O) groups is 1.